The normalized spacial score (nSPS) is 25.2. The molecule has 5 atom stereocenters. The number of aliphatic hydroxyl groups excluding tert-OH is 1. The first-order valence-corrected chi connectivity index (χ1v) is 21.4. The van der Waals surface area contributed by atoms with Crippen LogP contribution in [0.2, 0.25) is 36.3 Å². The predicted octanol–water partition coefficient (Wildman–Crippen LogP) is 9.53. The minimum Gasteiger partial charge on any atom is -0.543 e. The molecule has 0 bridgehead atoms. The second-order valence-electron chi connectivity index (χ2n) is 15.6. The van der Waals surface area contributed by atoms with Crippen molar-refractivity contribution in [1.82, 2.24) is 0 Å². The molecule has 38 heavy (non-hydrogen) atoms. The molecule has 1 unspecified atom stereocenters. The van der Waals surface area contributed by atoms with Gasteiger partial charge in [-0.1, -0.05) is 79.9 Å². The van der Waals surface area contributed by atoms with E-state index in [1.807, 2.05) is 0 Å². The van der Waals surface area contributed by atoms with E-state index in [1.165, 1.54) is 24.0 Å². The molecule has 1 N–H and O–H groups in total. The van der Waals surface area contributed by atoms with Crippen molar-refractivity contribution < 1.29 is 14.0 Å². The molecule has 1 saturated carbocycles. The van der Waals surface area contributed by atoms with Crippen LogP contribution in [0.5, 0.6) is 5.75 Å². The van der Waals surface area contributed by atoms with Gasteiger partial charge in [-0.05, 0) is 110 Å². The smallest absolute Gasteiger partial charge is 0.250 e. The van der Waals surface area contributed by atoms with E-state index in [2.05, 4.69) is 92.9 Å². The lowest BCUT2D eigenvalue weighted by atomic mass is 9.73. The molecule has 1 aromatic rings. The van der Waals surface area contributed by atoms with Crippen molar-refractivity contribution in [3.63, 3.8) is 0 Å². The van der Waals surface area contributed by atoms with Gasteiger partial charge in [-0.3, -0.25) is 0 Å². The van der Waals surface area contributed by atoms with Crippen LogP contribution in [0, 0.1) is 17.8 Å². The zero-order valence-electron chi connectivity index (χ0n) is 26.7. The summed E-state index contributed by atoms with van der Waals surface area (Å²) in [6.45, 7) is 25.8. The fourth-order valence-electron chi connectivity index (χ4n) is 6.15. The number of hydrogen-bond acceptors (Lipinski definition) is 3. The van der Waals surface area contributed by atoms with Crippen molar-refractivity contribution in [3.05, 3.63) is 29.3 Å². The average molecular weight is 561 g/mol. The van der Waals surface area contributed by atoms with Crippen LogP contribution in [-0.2, 0) is 17.3 Å². The van der Waals surface area contributed by atoms with Crippen LogP contribution in [0.15, 0.2) is 18.2 Å². The van der Waals surface area contributed by atoms with E-state index in [4.69, 9.17) is 8.85 Å². The Morgan fingerprint density at radius 1 is 0.921 bits per heavy atom. The van der Waals surface area contributed by atoms with Crippen molar-refractivity contribution >= 4 is 16.6 Å². The summed E-state index contributed by atoms with van der Waals surface area (Å²) in [5, 5.41) is 11.2. The Kier molecular flexibility index (Phi) is 10.1. The van der Waals surface area contributed by atoms with Crippen LogP contribution < -0.4 is 4.43 Å². The van der Waals surface area contributed by atoms with Crippen molar-refractivity contribution in [3.8, 4) is 5.75 Å². The number of hydrogen-bond donors (Lipinski definition) is 1. The maximum Gasteiger partial charge on any atom is 0.250 e. The van der Waals surface area contributed by atoms with E-state index >= 15 is 0 Å². The molecule has 2 aliphatic carbocycles. The Morgan fingerprint density at radius 3 is 2.18 bits per heavy atom. The van der Waals surface area contributed by atoms with Crippen molar-refractivity contribution in [2.75, 3.05) is 0 Å². The molecule has 2 aliphatic rings. The van der Waals surface area contributed by atoms with Crippen LogP contribution in [0.3, 0.4) is 0 Å². The Hall–Kier alpha value is -0.626. The second kappa shape index (κ2) is 12.1. The SMILES string of the molecule is CCCCC[C@H](O)CC[C@H]1C(O[Si](C)(C)C(C)(C)C)C[C@@H]2Cc3c(cccc3O[Si](C)(C)C(C)(C)C)C[C@@H]21. The highest BCUT2D eigenvalue weighted by atomic mass is 28.4. The van der Waals surface area contributed by atoms with Gasteiger partial charge < -0.3 is 14.0 Å². The first kappa shape index (κ1) is 31.9. The zero-order valence-corrected chi connectivity index (χ0v) is 28.7. The fourth-order valence-corrected chi connectivity index (χ4v) is 8.58. The number of rotatable bonds is 11. The molecule has 0 radical (unpaired) electrons. The van der Waals surface area contributed by atoms with Gasteiger partial charge in [0.25, 0.3) is 0 Å². The first-order chi connectivity index (χ1) is 17.5. The maximum atomic E-state index is 10.8. The molecule has 218 valence electrons. The Labute approximate surface area is 237 Å². The molecule has 3 nitrogen and oxygen atoms in total. The highest BCUT2D eigenvalue weighted by Crippen LogP contribution is 2.52. The van der Waals surface area contributed by atoms with Gasteiger partial charge in [0.15, 0.2) is 8.32 Å². The molecule has 0 aromatic heterocycles. The largest absolute Gasteiger partial charge is 0.543 e. The van der Waals surface area contributed by atoms with Gasteiger partial charge in [-0.15, -0.1) is 0 Å². The number of unbranched alkanes of at least 4 members (excludes halogenated alkanes) is 2. The van der Waals surface area contributed by atoms with Crippen molar-refractivity contribution in [2.24, 2.45) is 17.8 Å². The Bertz CT molecular complexity index is 912. The third-order valence-electron chi connectivity index (χ3n) is 10.7. The van der Waals surface area contributed by atoms with E-state index < -0.39 is 16.6 Å². The number of fused-ring (bicyclic) bond motifs is 2. The molecular formula is C33H60O3Si2. The van der Waals surface area contributed by atoms with Gasteiger partial charge in [-0.2, -0.15) is 0 Å². The van der Waals surface area contributed by atoms with Crippen LogP contribution in [0.25, 0.3) is 0 Å². The minimum atomic E-state index is -1.90. The Morgan fingerprint density at radius 2 is 1.58 bits per heavy atom. The van der Waals surface area contributed by atoms with E-state index in [-0.39, 0.29) is 16.2 Å². The highest BCUT2D eigenvalue weighted by molar-refractivity contribution is 6.75. The first-order valence-electron chi connectivity index (χ1n) is 15.6. The molecule has 0 spiro atoms. The summed E-state index contributed by atoms with van der Waals surface area (Å²) in [6.07, 6.45) is 10.0. The minimum absolute atomic E-state index is 0.172. The van der Waals surface area contributed by atoms with Gasteiger partial charge in [0.1, 0.15) is 5.75 Å². The second-order valence-corrected chi connectivity index (χ2v) is 25.1. The standard InChI is InChI=1S/C33H60O3Si2/c1-12-13-14-17-26(34)19-20-27-28-21-24-16-15-18-30(35-37(8,9)32(2,3)4)29(24)22-25(28)23-31(27)36-38(10,11)33(5,6)7/h15-16,18,25-28,31,34H,12-14,17,19-23H2,1-11H3/t25-,26-,27+,28-,31?/m0/s1. The average Bonchev–Trinajstić information content (AvgIpc) is 3.10. The molecule has 1 fully saturated rings. The summed E-state index contributed by atoms with van der Waals surface area (Å²) in [6, 6.07) is 6.79. The van der Waals surface area contributed by atoms with Gasteiger partial charge in [0, 0.05) is 6.10 Å². The summed E-state index contributed by atoms with van der Waals surface area (Å²) in [4.78, 5) is 0. The van der Waals surface area contributed by atoms with Crippen molar-refractivity contribution in [1.29, 1.82) is 0 Å². The number of benzene rings is 1. The van der Waals surface area contributed by atoms with Crippen LogP contribution >= 0.6 is 0 Å². The molecule has 0 heterocycles. The van der Waals surface area contributed by atoms with Crippen LogP contribution in [-0.4, -0.2) is 33.9 Å². The summed E-state index contributed by atoms with van der Waals surface area (Å²) < 4.78 is 14.1. The van der Waals surface area contributed by atoms with Crippen molar-refractivity contribution in [2.45, 2.75) is 155 Å². The molecule has 0 amide bonds. The predicted molar refractivity (Wildman–Crippen MR) is 168 cm³/mol. The van der Waals surface area contributed by atoms with E-state index in [0.717, 1.165) is 50.7 Å². The molecule has 0 saturated heterocycles. The summed E-state index contributed by atoms with van der Waals surface area (Å²) in [5.74, 6) is 2.96. The highest BCUT2D eigenvalue weighted by Gasteiger charge is 2.50. The van der Waals surface area contributed by atoms with Crippen LogP contribution in [0.1, 0.15) is 105 Å². The van der Waals surface area contributed by atoms with Gasteiger partial charge in [-0.25, -0.2) is 0 Å². The monoisotopic (exact) mass is 560 g/mol. The molecule has 3 rings (SSSR count). The quantitative estimate of drug-likeness (QED) is 0.216. The van der Waals surface area contributed by atoms with Gasteiger partial charge in [0.05, 0.1) is 6.10 Å². The van der Waals surface area contributed by atoms with Gasteiger partial charge in [0.2, 0.25) is 8.32 Å². The molecule has 5 heteroatoms. The lowest BCUT2D eigenvalue weighted by molar-refractivity contribution is 0.0924. The zero-order chi connectivity index (χ0) is 28.5. The third-order valence-corrected chi connectivity index (χ3v) is 19.6. The molecule has 0 aliphatic heterocycles. The topological polar surface area (TPSA) is 38.7 Å². The van der Waals surface area contributed by atoms with E-state index in [1.54, 1.807) is 0 Å². The van der Waals surface area contributed by atoms with Gasteiger partial charge >= 0.3 is 0 Å². The maximum absolute atomic E-state index is 10.8. The summed E-state index contributed by atoms with van der Waals surface area (Å²) in [7, 11) is -3.79. The molecule has 1 aromatic carbocycles. The lowest BCUT2D eigenvalue weighted by Crippen LogP contribution is -2.45. The van der Waals surface area contributed by atoms with E-state index in [0.29, 0.717) is 23.9 Å². The summed E-state index contributed by atoms with van der Waals surface area (Å²) in [5.41, 5.74) is 2.95. The summed E-state index contributed by atoms with van der Waals surface area (Å²) >= 11 is 0. The third kappa shape index (κ3) is 7.36. The number of aliphatic hydroxyl groups is 1. The fraction of sp³-hybridized carbons (Fsp3) is 0.818. The lowest BCUT2D eigenvalue weighted by Gasteiger charge is -2.40. The van der Waals surface area contributed by atoms with E-state index in [9.17, 15) is 5.11 Å². The van der Waals surface area contributed by atoms with Crippen LogP contribution in [0.4, 0.5) is 0 Å². The molecular weight excluding hydrogens is 501 g/mol. The Balaban J connectivity index is 1.84.